The number of benzene rings is 1. The summed E-state index contributed by atoms with van der Waals surface area (Å²) < 4.78 is 32.9. The van der Waals surface area contributed by atoms with E-state index < -0.39 is 24.3 Å². The Labute approximate surface area is 165 Å². The number of hydrogen-bond donors (Lipinski definition) is 1. The Bertz CT molecular complexity index is 778. The van der Waals surface area contributed by atoms with Crippen molar-refractivity contribution in [1.29, 1.82) is 0 Å². The van der Waals surface area contributed by atoms with Crippen LogP contribution >= 0.6 is 0 Å². The number of sulfone groups is 1. The summed E-state index contributed by atoms with van der Waals surface area (Å²) in [4.78, 5) is 0.570. The van der Waals surface area contributed by atoms with Crippen LogP contribution in [0.3, 0.4) is 0 Å². The van der Waals surface area contributed by atoms with E-state index in [0.29, 0.717) is 11.3 Å². The zero-order valence-corrected chi connectivity index (χ0v) is 19.4. The number of allylic oxidation sites excluding steroid dienone is 1. The summed E-state index contributed by atoms with van der Waals surface area (Å²) in [5, 5.41) is 10.8. The monoisotopic (exact) mass is 410 g/mol. The summed E-state index contributed by atoms with van der Waals surface area (Å²) in [6, 6.07) is 8.44. The maximum atomic E-state index is 13.1. The van der Waals surface area contributed by atoms with Crippen LogP contribution in [0.5, 0.6) is 0 Å². The van der Waals surface area contributed by atoms with Crippen molar-refractivity contribution in [3.63, 3.8) is 0 Å². The van der Waals surface area contributed by atoms with Gasteiger partial charge in [-0.25, -0.2) is 8.42 Å². The van der Waals surface area contributed by atoms with E-state index in [9.17, 15) is 13.5 Å². The first kappa shape index (κ1) is 22.3. The van der Waals surface area contributed by atoms with Crippen molar-refractivity contribution in [2.24, 2.45) is 11.8 Å². The highest BCUT2D eigenvalue weighted by Gasteiger charge is 2.43. The van der Waals surface area contributed by atoms with E-state index in [1.807, 2.05) is 13.8 Å². The highest BCUT2D eigenvalue weighted by atomic mass is 32.2. The molecule has 0 saturated heterocycles. The fraction of sp³-hybridized carbons (Fsp3) is 0.619. The maximum Gasteiger partial charge on any atom is 0.202 e. The van der Waals surface area contributed by atoms with Crippen LogP contribution in [0.1, 0.15) is 41.0 Å². The van der Waals surface area contributed by atoms with Crippen molar-refractivity contribution in [2.45, 2.75) is 76.3 Å². The topological polar surface area (TPSA) is 63.6 Å². The number of hydrogen-bond acceptors (Lipinski definition) is 4. The van der Waals surface area contributed by atoms with Crippen LogP contribution in [0.4, 0.5) is 0 Å². The number of aliphatic hydroxyl groups is 1. The molecule has 152 valence electrons. The molecule has 4 atom stereocenters. The van der Waals surface area contributed by atoms with Gasteiger partial charge in [0.05, 0.1) is 22.0 Å². The van der Waals surface area contributed by atoms with Crippen LogP contribution in [0.15, 0.2) is 46.2 Å². The molecule has 0 aromatic heterocycles. The normalized spacial score (nSPS) is 27.8. The highest BCUT2D eigenvalue weighted by molar-refractivity contribution is 7.95. The van der Waals surface area contributed by atoms with Gasteiger partial charge in [-0.15, -0.1) is 0 Å². The zero-order valence-electron chi connectivity index (χ0n) is 17.6. The Morgan fingerprint density at radius 1 is 1.11 bits per heavy atom. The van der Waals surface area contributed by atoms with E-state index in [0.717, 1.165) is 0 Å². The summed E-state index contributed by atoms with van der Waals surface area (Å²) >= 11 is 0. The van der Waals surface area contributed by atoms with Crippen LogP contribution in [0.25, 0.3) is 0 Å². The molecule has 0 fully saturated rings. The summed E-state index contributed by atoms with van der Waals surface area (Å²) in [5.41, 5.74) is 0. The third-order valence-electron chi connectivity index (χ3n) is 6.15. The van der Waals surface area contributed by atoms with Crippen LogP contribution in [-0.4, -0.2) is 34.0 Å². The van der Waals surface area contributed by atoms with Gasteiger partial charge in [-0.05, 0) is 48.7 Å². The van der Waals surface area contributed by atoms with Crippen molar-refractivity contribution in [3.8, 4) is 0 Å². The maximum absolute atomic E-state index is 13.1. The van der Waals surface area contributed by atoms with Gasteiger partial charge < -0.3 is 9.53 Å². The Balaban J connectivity index is 2.36. The van der Waals surface area contributed by atoms with Gasteiger partial charge in [0, 0.05) is 5.92 Å². The number of rotatable bonds is 4. The van der Waals surface area contributed by atoms with Gasteiger partial charge in [-0.1, -0.05) is 52.8 Å². The largest absolute Gasteiger partial charge is 0.414 e. The third kappa shape index (κ3) is 4.73. The molecule has 1 aromatic carbocycles. The predicted molar refractivity (Wildman–Crippen MR) is 113 cm³/mol. The van der Waals surface area contributed by atoms with Gasteiger partial charge in [0.15, 0.2) is 8.32 Å². The molecule has 0 spiro atoms. The molecular formula is C21H34O4SSi. The molecule has 0 aliphatic heterocycles. The first-order chi connectivity index (χ1) is 12.3. The van der Waals surface area contributed by atoms with Gasteiger partial charge in [-0.2, -0.15) is 0 Å². The molecule has 2 rings (SSSR count). The average Bonchev–Trinajstić information content (AvgIpc) is 2.66. The van der Waals surface area contributed by atoms with Crippen molar-refractivity contribution in [1.82, 2.24) is 0 Å². The highest BCUT2D eigenvalue weighted by Crippen LogP contribution is 2.41. The van der Waals surface area contributed by atoms with Gasteiger partial charge in [0.1, 0.15) is 0 Å². The Hall–Kier alpha value is -0.953. The third-order valence-corrected chi connectivity index (χ3v) is 12.7. The van der Waals surface area contributed by atoms with Crippen LogP contribution in [0, 0.1) is 11.8 Å². The molecule has 0 bridgehead atoms. The van der Waals surface area contributed by atoms with Crippen molar-refractivity contribution >= 4 is 18.2 Å². The SMILES string of the molecule is C[C@@H]1[C@H](O)C=C(S(=O)(=O)c2ccccc2)[C@@H](C)C[C@H]1O[Si](C)(C)C(C)(C)C. The van der Waals surface area contributed by atoms with E-state index in [1.165, 1.54) is 6.08 Å². The van der Waals surface area contributed by atoms with E-state index >= 15 is 0 Å². The molecule has 0 amide bonds. The van der Waals surface area contributed by atoms with E-state index in [2.05, 4.69) is 33.9 Å². The molecule has 1 aliphatic rings. The Morgan fingerprint density at radius 2 is 1.67 bits per heavy atom. The molecular weight excluding hydrogens is 376 g/mol. The lowest BCUT2D eigenvalue weighted by Crippen LogP contribution is -2.47. The molecule has 6 heteroatoms. The minimum atomic E-state index is -3.63. The lowest BCUT2D eigenvalue weighted by atomic mass is 9.95. The van der Waals surface area contributed by atoms with Gasteiger partial charge in [-0.3, -0.25) is 0 Å². The lowest BCUT2D eigenvalue weighted by Gasteiger charge is -2.41. The minimum absolute atomic E-state index is 0.0551. The summed E-state index contributed by atoms with van der Waals surface area (Å²) in [5.74, 6) is -0.380. The molecule has 1 aromatic rings. The molecule has 27 heavy (non-hydrogen) atoms. The van der Waals surface area contributed by atoms with Crippen LogP contribution in [-0.2, 0) is 14.3 Å². The first-order valence-corrected chi connectivity index (χ1v) is 14.0. The summed E-state index contributed by atoms with van der Waals surface area (Å²) in [6.45, 7) is 14.8. The van der Waals surface area contributed by atoms with Gasteiger partial charge in [0.2, 0.25) is 9.84 Å². The van der Waals surface area contributed by atoms with Gasteiger partial charge >= 0.3 is 0 Å². The fourth-order valence-corrected chi connectivity index (χ4v) is 6.34. The average molecular weight is 411 g/mol. The lowest BCUT2D eigenvalue weighted by molar-refractivity contribution is 0.0471. The minimum Gasteiger partial charge on any atom is -0.414 e. The van der Waals surface area contributed by atoms with Gasteiger partial charge in [0.25, 0.3) is 0 Å². The van der Waals surface area contributed by atoms with Crippen molar-refractivity contribution in [2.75, 3.05) is 0 Å². The molecule has 4 nitrogen and oxygen atoms in total. The van der Waals surface area contributed by atoms with Crippen molar-refractivity contribution in [3.05, 3.63) is 41.3 Å². The smallest absolute Gasteiger partial charge is 0.202 e. The van der Waals surface area contributed by atoms with Crippen LogP contribution in [0.2, 0.25) is 18.1 Å². The second-order valence-electron chi connectivity index (χ2n) is 9.29. The molecule has 0 heterocycles. The second-order valence-corrected chi connectivity index (χ2v) is 16.0. The predicted octanol–water partition coefficient (Wildman–Crippen LogP) is 4.77. The Kier molecular flexibility index (Phi) is 6.47. The zero-order chi connectivity index (χ0) is 20.6. The molecule has 0 radical (unpaired) electrons. The molecule has 0 saturated carbocycles. The van der Waals surface area contributed by atoms with E-state index in [1.54, 1.807) is 30.3 Å². The van der Waals surface area contributed by atoms with Crippen molar-refractivity contribution < 1.29 is 18.0 Å². The molecule has 1 N–H and O–H groups in total. The van der Waals surface area contributed by atoms with Crippen LogP contribution < -0.4 is 0 Å². The number of aliphatic hydroxyl groups excluding tert-OH is 1. The molecule has 1 aliphatic carbocycles. The summed E-state index contributed by atoms with van der Waals surface area (Å²) in [6.07, 6.45) is 1.10. The second kappa shape index (κ2) is 7.82. The first-order valence-electron chi connectivity index (χ1n) is 9.65. The van der Waals surface area contributed by atoms with E-state index in [4.69, 9.17) is 4.43 Å². The standard InChI is InChI=1S/C21H34O4SSi/c1-15-13-19(25-27(6,7)21(3,4)5)16(2)18(22)14-20(15)26(23,24)17-11-9-8-10-12-17/h8-12,14-16,18-19,22H,13H2,1-7H3/t15-,16+,18+,19+/m0/s1. The van der Waals surface area contributed by atoms with E-state index in [-0.39, 0.29) is 27.9 Å². The quantitative estimate of drug-likeness (QED) is 0.726. The fourth-order valence-electron chi connectivity index (χ4n) is 3.18. The Morgan fingerprint density at radius 3 is 2.19 bits per heavy atom. The summed E-state index contributed by atoms with van der Waals surface area (Å²) in [7, 11) is -5.66. The molecule has 0 unspecified atom stereocenters.